The summed E-state index contributed by atoms with van der Waals surface area (Å²) in [5, 5.41) is 0. The van der Waals surface area contributed by atoms with Gasteiger partial charge in [-0.3, -0.25) is 0 Å². The van der Waals surface area contributed by atoms with Crippen LogP contribution in [0.25, 0.3) is 11.1 Å². The fourth-order valence-corrected chi connectivity index (χ4v) is 1.73. The zero-order valence-corrected chi connectivity index (χ0v) is 10.3. The Morgan fingerprint density at radius 2 is 1.89 bits per heavy atom. The maximum atomic E-state index is 12.2. The first-order chi connectivity index (χ1) is 8.85. The molecule has 1 heterocycles. The molecule has 2 aromatic rings. The largest absolute Gasteiger partial charge is 0.573 e. The average molecular weight is 268 g/mol. The molecule has 19 heavy (non-hydrogen) atoms. The minimum absolute atomic E-state index is 0.259. The maximum Gasteiger partial charge on any atom is 0.573 e. The van der Waals surface area contributed by atoms with Crippen LogP contribution in [0.3, 0.4) is 0 Å². The summed E-state index contributed by atoms with van der Waals surface area (Å²) >= 11 is 0. The van der Waals surface area contributed by atoms with Gasteiger partial charge in [0.1, 0.15) is 11.6 Å². The second kappa shape index (κ2) is 4.87. The van der Waals surface area contributed by atoms with Gasteiger partial charge in [-0.15, -0.1) is 13.2 Å². The standard InChI is InChI=1S/C13H11F3N2O/c1-8-12(7-17-9(2)18-8)10-4-3-5-11(6-10)19-13(14,15)16/h3-7H,1-2H3. The van der Waals surface area contributed by atoms with Crippen LogP contribution in [-0.2, 0) is 0 Å². The number of rotatable bonds is 2. The minimum atomic E-state index is -4.70. The number of alkyl halides is 3. The van der Waals surface area contributed by atoms with Gasteiger partial charge < -0.3 is 4.74 Å². The third-order valence-electron chi connectivity index (χ3n) is 2.48. The zero-order valence-electron chi connectivity index (χ0n) is 10.3. The molecular weight excluding hydrogens is 257 g/mol. The topological polar surface area (TPSA) is 35.0 Å². The summed E-state index contributed by atoms with van der Waals surface area (Å²) in [7, 11) is 0. The molecule has 1 aromatic carbocycles. The molecule has 0 amide bonds. The lowest BCUT2D eigenvalue weighted by Gasteiger charge is -2.11. The first-order valence-corrected chi connectivity index (χ1v) is 5.51. The van der Waals surface area contributed by atoms with E-state index in [0.717, 1.165) is 0 Å². The summed E-state index contributed by atoms with van der Waals surface area (Å²) < 4.78 is 40.4. The Bertz CT molecular complexity index is 597. The van der Waals surface area contributed by atoms with E-state index in [9.17, 15) is 13.2 Å². The average Bonchev–Trinajstić information content (AvgIpc) is 2.26. The van der Waals surface area contributed by atoms with Crippen molar-refractivity contribution in [1.82, 2.24) is 9.97 Å². The normalized spacial score (nSPS) is 11.4. The van der Waals surface area contributed by atoms with Crippen molar-refractivity contribution >= 4 is 0 Å². The molecule has 2 rings (SSSR count). The maximum absolute atomic E-state index is 12.2. The number of ether oxygens (including phenoxy) is 1. The fraction of sp³-hybridized carbons (Fsp3) is 0.231. The van der Waals surface area contributed by atoms with Crippen molar-refractivity contribution in [2.24, 2.45) is 0 Å². The van der Waals surface area contributed by atoms with Crippen LogP contribution in [-0.4, -0.2) is 16.3 Å². The van der Waals surface area contributed by atoms with Gasteiger partial charge in [-0.25, -0.2) is 9.97 Å². The van der Waals surface area contributed by atoms with Crippen molar-refractivity contribution in [2.45, 2.75) is 20.2 Å². The summed E-state index contributed by atoms with van der Waals surface area (Å²) in [5.74, 6) is 0.355. The summed E-state index contributed by atoms with van der Waals surface area (Å²) in [6.07, 6.45) is -3.11. The minimum Gasteiger partial charge on any atom is -0.406 e. The number of benzene rings is 1. The van der Waals surface area contributed by atoms with E-state index in [1.807, 2.05) is 0 Å². The van der Waals surface area contributed by atoms with Crippen molar-refractivity contribution in [3.63, 3.8) is 0 Å². The molecule has 0 unspecified atom stereocenters. The summed E-state index contributed by atoms with van der Waals surface area (Å²) in [4.78, 5) is 8.23. The lowest BCUT2D eigenvalue weighted by atomic mass is 10.1. The highest BCUT2D eigenvalue weighted by Crippen LogP contribution is 2.28. The van der Waals surface area contributed by atoms with Crippen LogP contribution in [0.2, 0.25) is 0 Å². The molecule has 0 N–H and O–H groups in total. The third kappa shape index (κ3) is 3.43. The third-order valence-corrected chi connectivity index (χ3v) is 2.48. The number of nitrogens with zero attached hydrogens (tertiary/aromatic N) is 2. The van der Waals surface area contributed by atoms with Gasteiger partial charge in [0, 0.05) is 17.5 Å². The van der Waals surface area contributed by atoms with Crippen molar-refractivity contribution < 1.29 is 17.9 Å². The monoisotopic (exact) mass is 268 g/mol. The molecule has 0 fully saturated rings. The highest BCUT2D eigenvalue weighted by molar-refractivity contribution is 5.66. The molecule has 0 saturated carbocycles. The number of halogens is 3. The lowest BCUT2D eigenvalue weighted by molar-refractivity contribution is -0.274. The van der Waals surface area contributed by atoms with Crippen molar-refractivity contribution in [3.8, 4) is 16.9 Å². The van der Waals surface area contributed by atoms with E-state index >= 15 is 0 Å². The predicted molar refractivity (Wildman–Crippen MR) is 63.6 cm³/mol. The molecular formula is C13H11F3N2O. The van der Waals surface area contributed by atoms with Crippen molar-refractivity contribution in [2.75, 3.05) is 0 Å². The van der Waals surface area contributed by atoms with E-state index in [-0.39, 0.29) is 5.75 Å². The van der Waals surface area contributed by atoms with Crippen molar-refractivity contribution in [1.29, 1.82) is 0 Å². The fourth-order valence-electron chi connectivity index (χ4n) is 1.73. The molecule has 0 aliphatic carbocycles. The summed E-state index contributed by atoms with van der Waals surface area (Å²) in [6.45, 7) is 3.53. The molecule has 0 saturated heterocycles. The Morgan fingerprint density at radius 3 is 2.53 bits per heavy atom. The van der Waals surface area contributed by atoms with Gasteiger partial charge in [-0.1, -0.05) is 12.1 Å². The van der Waals surface area contributed by atoms with Crippen LogP contribution in [0, 0.1) is 13.8 Å². The van der Waals surface area contributed by atoms with E-state index in [4.69, 9.17) is 0 Å². The van der Waals surface area contributed by atoms with Gasteiger partial charge >= 0.3 is 6.36 Å². The summed E-state index contributed by atoms with van der Waals surface area (Å²) in [6, 6.07) is 5.75. The molecule has 0 spiro atoms. The highest BCUT2D eigenvalue weighted by atomic mass is 19.4. The molecule has 1 aromatic heterocycles. The second-order valence-corrected chi connectivity index (χ2v) is 3.99. The van der Waals surface area contributed by atoms with E-state index in [1.54, 1.807) is 26.1 Å². The van der Waals surface area contributed by atoms with Crippen LogP contribution < -0.4 is 4.74 Å². The number of aryl methyl sites for hydroxylation is 2. The molecule has 0 aliphatic heterocycles. The van der Waals surface area contributed by atoms with Crippen molar-refractivity contribution in [3.05, 3.63) is 42.0 Å². The van der Waals surface area contributed by atoms with E-state index in [2.05, 4.69) is 14.7 Å². The van der Waals surface area contributed by atoms with Gasteiger partial charge in [0.15, 0.2) is 0 Å². The van der Waals surface area contributed by atoms with Crippen LogP contribution in [0.5, 0.6) is 5.75 Å². The van der Waals surface area contributed by atoms with Crippen LogP contribution in [0.1, 0.15) is 11.5 Å². The van der Waals surface area contributed by atoms with E-state index in [1.165, 1.54) is 18.2 Å². The molecule has 0 aliphatic rings. The van der Waals surface area contributed by atoms with E-state index < -0.39 is 6.36 Å². The van der Waals surface area contributed by atoms with Gasteiger partial charge in [0.25, 0.3) is 0 Å². The predicted octanol–water partition coefficient (Wildman–Crippen LogP) is 3.66. The quantitative estimate of drug-likeness (QED) is 0.833. The smallest absolute Gasteiger partial charge is 0.406 e. The van der Waals surface area contributed by atoms with E-state index in [0.29, 0.717) is 22.6 Å². The first kappa shape index (κ1) is 13.3. The van der Waals surface area contributed by atoms with Gasteiger partial charge in [-0.05, 0) is 31.5 Å². The van der Waals surface area contributed by atoms with Crippen LogP contribution in [0.4, 0.5) is 13.2 Å². The van der Waals surface area contributed by atoms with Crippen LogP contribution >= 0.6 is 0 Å². The molecule has 0 radical (unpaired) electrons. The van der Waals surface area contributed by atoms with Crippen LogP contribution in [0.15, 0.2) is 30.5 Å². The Labute approximate surface area is 108 Å². The highest BCUT2D eigenvalue weighted by Gasteiger charge is 2.31. The number of hydrogen-bond acceptors (Lipinski definition) is 3. The summed E-state index contributed by atoms with van der Waals surface area (Å²) in [5.41, 5.74) is 1.97. The molecule has 6 heteroatoms. The number of aromatic nitrogens is 2. The van der Waals surface area contributed by atoms with Gasteiger partial charge in [0.2, 0.25) is 0 Å². The van der Waals surface area contributed by atoms with Gasteiger partial charge in [0.05, 0.1) is 0 Å². The van der Waals surface area contributed by atoms with Gasteiger partial charge in [-0.2, -0.15) is 0 Å². The molecule has 0 bridgehead atoms. The number of hydrogen-bond donors (Lipinski definition) is 0. The Morgan fingerprint density at radius 1 is 1.16 bits per heavy atom. The Balaban J connectivity index is 2.38. The molecule has 3 nitrogen and oxygen atoms in total. The SMILES string of the molecule is Cc1ncc(-c2cccc(OC(F)(F)F)c2)c(C)n1. The lowest BCUT2D eigenvalue weighted by Crippen LogP contribution is -2.17. The second-order valence-electron chi connectivity index (χ2n) is 3.99. The first-order valence-electron chi connectivity index (χ1n) is 5.51. The molecule has 0 atom stereocenters. The Kier molecular flexibility index (Phi) is 3.42. The molecule has 100 valence electrons. The Hall–Kier alpha value is -2.11. The zero-order chi connectivity index (χ0) is 14.0.